The molecule has 1 aliphatic carbocycles. The first kappa shape index (κ1) is 25.0. The molecule has 0 heterocycles. The molecule has 0 radical (unpaired) electrons. The second-order valence-corrected chi connectivity index (χ2v) is 8.22. The Balaban J connectivity index is 1.74. The number of benzene rings is 1. The molecule has 1 aromatic rings. The van der Waals surface area contributed by atoms with Crippen molar-refractivity contribution in [3.05, 3.63) is 29.6 Å². The Morgan fingerprint density at radius 3 is 2.74 bits per heavy atom. The molecule has 4 N–H and O–H groups in total. The van der Waals surface area contributed by atoms with Gasteiger partial charge in [-0.15, -0.1) is 0 Å². The number of nitrogens with zero attached hydrogens (tertiary/aromatic N) is 1. The summed E-state index contributed by atoms with van der Waals surface area (Å²) in [6.45, 7) is 4.25. The Morgan fingerprint density at radius 2 is 2.13 bits per heavy atom. The molecule has 1 aromatic carbocycles. The molecule has 0 spiro atoms. The summed E-state index contributed by atoms with van der Waals surface area (Å²) in [5, 5.41) is 12.2. The molecule has 1 aliphatic rings. The first-order chi connectivity index (χ1) is 14.7. The van der Waals surface area contributed by atoms with Crippen LogP contribution in [0.15, 0.2) is 18.2 Å². The minimum absolute atomic E-state index is 0.00373. The lowest BCUT2D eigenvalue weighted by atomic mass is 10.0. The molecule has 0 aliphatic heterocycles. The number of rotatable bonds is 14. The van der Waals surface area contributed by atoms with Crippen LogP contribution in [0.25, 0.3) is 0 Å². The van der Waals surface area contributed by atoms with Gasteiger partial charge in [0.2, 0.25) is 0 Å². The van der Waals surface area contributed by atoms with Crippen LogP contribution in [-0.2, 0) is 15.1 Å². The van der Waals surface area contributed by atoms with E-state index in [1.807, 2.05) is 0 Å². The van der Waals surface area contributed by atoms with Crippen molar-refractivity contribution in [1.29, 1.82) is 0 Å². The van der Waals surface area contributed by atoms with Crippen molar-refractivity contribution in [2.45, 2.75) is 44.2 Å². The number of halogens is 1. The van der Waals surface area contributed by atoms with Crippen LogP contribution >= 0.6 is 0 Å². The highest BCUT2D eigenvalue weighted by molar-refractivity contribution is 5.76. The third kappa shape index (κ3) is 8.06. The van der Waals surface area contributed by atoms with Crippen molar-refractivity contribution in [2.75, 3.05) is 40.1 Å². The minimum Gasteiger partial charge on any atom is -0.488 e. The quantitative estimate of drug-likeness (QED) is 0.149. The Hall–Kier alpha value is -2.27. The molecule has 1 saturated carbocycles. The van der Waals surface area contributed by atoms with Crippen LogP contribution < -0.4 is 20.9 Å². The predicted molar refractivity (Wildman–Crippen MR) is 113 cm³/mol. The van der Waals surface area contributed by atoms with Crippen molar-refractivity contribution >= 4 is 12.3 Å². The van der Waals surface area contributed by atoms with E-state index in [2.05, 4.69) is 16.2 Å². The van der Waals surface area contributed by atoms with E-state index in [4.69, 9.17) is 9.47 Å². The summed E-state index contributed by atoms with van der Waals surface area (Å²) in [6, 6.07) is 4.42. The number of amides is 2. The van der Waals surface area contributed by atoms with Crippen LogP contribution in [0.1, 0.15) is 38.7 Å². The molecular formula is C21H33FN4O5. The number of ether oxygens (including phenoxy) is 2. The van der Waals surface area contributed by atoms with E-state index in [1.165, 1.54) is 18.0 Å². The molecule has 2 amide bonds. The van der Waals surface area contributed by atoms with Gasteiger partial charge < -0.3 is 24.7 Å². The fourth-order valence-electron chi connectivity index (χ4n) is 2.89. The number of hydrazine groups is 1. The standard InChI is InChI=1S/C21H33FN4O5/c1-20(2,29)14-31-18-13-16(5-6-17(18)22)21(7-8-21)25-24-9-4-12-30-15-26(10-11-27)19(28)23-3/h5-6,11,13,24-25,29H,4,7-10,12,14-15H2,1-3H3,(H,23,28). The van der Waals surface area contributed by atoms with Gasteiger partial charge in [0.05, 0.1) is 24.3 Å². The van der Waals surface area contributed by atoms with Crippen molar-refractivity contribution in [3.8, 4) is 5.75 Å². The zero-order valence-electron chi connectivity index (χ0n) is 18.4. The normalized spacial score (nSPS) is 14.7. The highest BCUT2D eigenvalue weighted by Crippen LogP contribution is 2.46. The van der Waals surface area contributed by atoms with Gasteiger partial charge in [-0.2, -0.15) is 0 Å². The number of nitrogens with one attached hydrogen (secondary N) is 3. The lowest BCUT2D eigenvalue weighted by molar-refractivity contribution is -0.109. The molecule has 10 heteroatoms. The van der Waals surface area contributed by atoms with E-state index < -0.39 is 11.4 Å². The SMILES string of the molecule is CNC(=O)N(CC=O)COCCCNNC1(c2ccc(F)c(OCC(C)(C)O)c2)CC1. The maximum atomic E-state index is 14.1. The third-order valence-corrected chi connectivity index (χ3v) is 4.78. The van der Waals surface area contributed by atoms with Crippen molar-refractivity contribution in [3.63, 3.8) is 0 Å². The lowest BCUT2D eigenvalue weighted by Gasteiger charge is -2.22. The maximum absolute atomic E-state index is 14.1. The third-order valence-electron chi connectivity index (χ3n) is 4.78. The molecule has 31 heavy (non-hydrogen) atoms. The summed E-state index contributed by atoms with van der Waals surface area (Å²) in [5.41, 5.74) is 6.06. The van der Waals surface area contributed by atoms with E-state index in [9.17, 15) is 19.1 Å². The van der Waals surface area contributed by atoms with Crippen LogP contribution in [-0.4, -0.2) is 68.0 Å². The van der Waals surface area contributed by atoms with Crippen LogP contribution in [0.5, 0.6) is 5.75 Å². The van der Waals surface area contributed by atoms with Gasteiger partial charge in [-0.25, -0.2) is 14.6 Å². The van der Waals surface area contributed by atoms with Gasteiger partial charge in [0.15, 0.2) is 11.6 Å². The van der Waals surface area contributed by atoms with Crippen LogP contribution in [0, 0.1) is 5.82 Å². The van der Waals surface area contributed by atoms with Gasteiger partial charge in [-0.05, 0) is 50.8 Å². The van der Waals surface area contributed by atoms with Gasteiger partial charge in [-0.1, -0.05) is 6.07 Å². The first-order valence-electron chi connectivity index (χ1n) is 10.3. The van der Waals surface area contributed by atoms with Crippen LogP contribution in [0.2, 0.25) is 0 Å². The fraction of sp³-hybridized carbons (Fsp3) is 0.619. The first-order valence-corrected chi connectivity index (χ1v) is 10.3. The van der Waals surface area contributed by atoms with Crippen LogP contribution in [0.3, 0.4) is 0 Å². The molecule has 0 aromatic heterocycles. The van der Waals surface area contributed by atoms with Crippen molar-refractivity contribution in [2.24, 2.45) is 0 Å². The predicted octanol–water partition coefficient (Wildman–Crippen LogP) is 1.26. The molecule has 0 saturated heterocycles. The summed E-state index contributed by atoms with van der Waals surface area (Å²) < 4.78 is 25.0. The van der Waals surface area contributed by atoms with Gasteiger partial charge >= 0.3 is 6.03 Å². The number of carbonyl (C=O) groups excluding carboxylic acids is 2. The number of aldehydes is 1. The van der Waals surface area contributed by atoms with E-state index in [-0.39, 0.29) is 37.2 Å². The topological polar surface area (TPSA) is 112 Å². The number of hydrogen-bond donors (Lipinski definition) is 4. The molecule has 2 rings (SSSR count). The molecule has 0 bridgehead atoms. The zero-order chi connectivity index (χ0) is 22.9. The van der Waals surface area contributed by atoms with Crippen LogP contribution in [0.4, 0.5) is 9.18 Å². The maximum Gasteiger partial charge on any atom is 0.319 e. The van der Waals surface area contributed by atoms with Gasteiger partial charge in [0.25, 0.3) is 0 Å². The molecular weight excluding hydrogens is 407 g/mol. The number of urea groups is 1. The largest absolute Gasteiger partial charge is 0.488 e. The lowest BCUT2D eigenvalue weighted by Crippen LogP contribution is -2.42. The highest BCUT2D eigenvalue weighted by Gasteiger charge is 2.44. The van der Waals surface area contributed by atoms with E-state index in [1.54, 1.807) is 26.0 Å². The Labute approximate surface area is 182 Å². The second-order valence-electron chi connectivity index (χ2n) is 8.22. The average Bonchev–Trinajstić information content (AvgIpc) is 3.51. The summed E-state index contributed by atoms with van der Waals surface area (Å²) in [5.74, 6) is -0.341. The second kappa shape index (κ2) is 11.4. The van der Waals surface area contributed by atoms with Crippen molar-refractivity contribution < 1.29 is 28.6 Å². The number of hydrogen-bond acceptors (Lipinski definition) is 7. The summed E-state index contributed by atoms with van der Waals surface area (Å²) >= 11 is 0. The smallest absolute Gasteiger partial charge is 0.319 e. The molecule has 1 fully saturated rings. The van der Waals surface area contributed by atoms with E-state index >= 15 is 0 Å². The molecule has 0 atom stereocenters. The van der Waals surface area contributed by atoms with Gasteiger partial charge in [0.1, 0.15) is 19.6 Å². The Morgan fingerprint density at radius 1 is 1.39 bits per heavy atom. The Kier molecular flexibility index (Phi) is 9.17. The minimum atomic E-state index is -1.05. The fourth-order valence-corrected chi connectivity index (χ4v) is 2.89. The summed E-state index contributed by atoms with van der Waals surface area (Å²) in [4.78, 5) is 23.4. The van der Waals surface area contributed by atoms with Gasteiger partial charge in [-0.3, -0.25) is 10.3 Å². The average molecular weight is 441 g/mol. The zero-order valence-corrected chi connectivity index (χ0v) is 18.4. The molecule has 9 nitrogen and oxygen atoms in total. The Bertz CT molecular complexity index is 737. The summed E-state index contributed by atoms with van der Waals surface area (Å²) in [7, 11) is 1.49. The molecule has 174 valence electrons. The highest BCUT2D eigenvalue weighted by atomic mass is 19.1. The summed E-state index contributed by atoms with van der Waals surface area (Å²) in [6.07, 6.45) is 3.14. The van der Waals surface area contributed by atoms with Gasteiger partial charge in [0, 0.05) is 13.6 Å². The number of aliphatic hydroxyl groups is 1. The molecule has 0 unspecified atom stereocenters. The monoisotopic (exact) mass is 440 g/mol. The van der Waals surface area contributed by atoms with E-state index in [0.29, 0.717) is 25.9 Å². The van der Waals surface area contributed by atoms with E-state index in [0.717, 1.165) is 18.4 Å². The van der Waals surface area contributed by atoms with Crippen molar-refractivity contribution in [1.82, 2.24) is 21.1 Å². The number of carbonyl (C=O) groups is 2.